The number of thiophene rings is 1. The molecule has 1 nitrogen and oxygen atoms in total. The highest BCUT2D eigenvalue weighted by atomic mass is 32.1. The SMILES string of the molecule is CCN(C)Cc1csc(C2=CCCCC=C2)c1C. The Hall–Kier alpha value is -0.860. The molecule has 0 aliphatic heterocycles. The first-order valence-electron chi connectivity index (χ1n) is 6.85. The van der Waals surface area contributed by atoms with E-state index in [9.17, 15) is 0 Å². The highest BCUT2D eigenvalue weighted by Gasteiger charge is 2.11. The van der Waals surface area contributed by atoms with Gasteiger partial charge in [-0.25, -0.2) is 0 Å². The molecule has 1 aromatic rings. The van der Waals surface area contributed by atoms with Crippen LogP contribution in [0.4, 0.5) is 0 Å². The van der Waals surface area contributed by atoms with Gasteiger partial charge in [0.1, 0.15) is 0 Å². The number of nitrogens with zero attached hydrogens (tertiary/aromatic N) is 1. The van der Waals surface area contributed by atoms with Crippen LogP contribution in [-0.2, 0) is 6.54 Å². The summed E-state index contributed by atoms with van der Waals surface area (Å²) in [5.41, 5.74) is 4.39. The van der Waals surface area contributed by atoms with Crippen molar-refractivity contribution in [2.75, 3.05) is 13.6 Å². The fourth-order valence-electron chi connectivity index (χ4n) is 2.24. The van der Waals surface area contributed by atoms with Crippen molar-refractivity contribution < 1.29 is 0 Å². The molecule has 0 radical (unpaired) electrons. The first kappa shape index (κ1) is 13.6. The Morgan fingerprint density at radius 3 is 2.94 bits per heavy atom. The van der Waals surface area contributed by atoms with Crippen LogP contribution >= 0.6 is 11.3 Å². The van der Waals surface area contributed by atoms with Crippen molar-refractivity contribution in [3.05, 3.63) is 39.6 Å². The van der Waals surface area contributed by atoms with Gasteiger partial charge in [0.15, 0.2) is 0 Å². The maximum atomic E-state index is 2.40. The maximum absolute atomic E-state index is 2.40. The van der Waals surface area contributed by atoms with E-state index in [4.69, 9.17) is 0 Å². The van der Waals surface area contributed by atoms with Gasteiger partial charge in [0.05, 0.1) is 0 Å². The third-order valence-electron chi connectivity index (χ3n) is 3.62. The van der Waals surface area contributed by atoms with Gasteiger partial charge in [-0.2, -0.15) is 0 Å². The maximum Gasteiger partial charge on any atom is 0.0371 e. The quantitative estimate of drug-likeness (QED) is 0.763. The second-order valence-electron chi connectivity index (χ2n) is 5.04. The molecular formula is C16H23NS. The van der Waals surface area contributed by atoms with Gasteiger partial charge in [-0.05, 0) is 61.9 Å². The predicted molar refractivity (Wildman–Crippen MR) is 82.0 cm³/mol. The number of hydrogen-bond donors (Lipinski definition) is 0. The van der Waals surface area contributed by atoms with E-state index < -0.39 is 0 Å². The van der Waals surface area contributed by atoms with Crippen LogP contribution in [0, 0.1) is 6.92 Å². The van der Waals surface area contributed by atoms with E-state index in [0.717, 1.165) is 13.1 Å². The zero-order chi connectivity index (χ0) is 13.0. The molecule has 0 saturated heterocycles. The topological polar surface area (TPSA) is 3.24 Å². The number of hydrogen-bond acceptors (Lipinski definition) is 2. The van der Waals surface area contributed by atoms with Gasteiger partial charge < -0.3 is 4.90 Å². The normalized spacial score (nSPS) is 15.9. The second kappa shape index (κ2) is 6.35. The van der Waals surface area contributed by atoms with Crippen molar-refractivity contribution in [3.63, 3.8) is 0 Å². The third-order valence-corrected chi connectivity index (χ3v) is 4.80. The van der Waals surface area contributed by atoms with Crippen molar-refractivity contribution in [3.8, 4) is 0 Å². The lowest BCUT2D eigenvalue weighted by Crippen LogP contribution is -2.16. The number of allylic oxidation sites excluding steroid dienone is 4. The van der Waals surface area contributed by atoms with Crippen LogP contribution in [0.15, 0.2) is 23.6 Å². The van der Waals surface area contributed by atoms with Crippen molar-refractivity contribution in [2.45, 2.75) is 39.7 Å². The largest absolute Gasteiger partial charge is 0.302 e. The van der Waals surface area contributed by atoms with Crippen molar-refractivity contribution in [1.29, 1.82) is 0 Å². The minimum Gasteiger partial charge on any atom is -0.302 e. The zero-order valence-electron chi connectivity index (χ0n) is 11.7. The Labute approximate surface area is 115 Å². The van der Waals surface area contributed by atoms with Crippen LogP contribution in [0.1, 0.15) is 42.2 Å². The summed E-state index contributed by atoms with van der Waals surface area (Å²) in [5.74, 6) is 0. The molecule has 1 heterocycles. The molecule has 98 valence electrons. The van der Waals surface area contributed by atoms with Gasteiger partial charge >= 0.3 is 0 Å². The molecule has 0 amide bonds. The summed E-state index contributed by atoms with van der Waals surface area (Å²) >= 11 is 1.90. The highest BCUT2D eigenvalue weighted by Crippen LogP contribution is 2.31. The molecule has 0 unspecified atom stereocenters. The smallest absolute Gasteiger partial charge is 0.0371 e. The molecule has 1 aliphatic carbocycles. The summed E-state index contributed by atoms with van der Waals surface area (Å²) in [4.78, 5) is 3.82. The van der Waals surface area contributed by atoms with Crippen LogP contribution in [0.3, 0.4) is 0 Å². The Balaban J connectivity index is 2.22. The molecule has 0 N–H and O–H groups in total. The van der Waals surface area contributed by atoms with E-state index in [-0.39, 0.29) is 0 Å². The highest BCUT2D eigenvalue weighted by molar-refractivity contribution is 7.11. The minimum atomic E-state index is 1.07. The standard InChI is InChI=1S/C16H23NS/c1-4-17(3)11-15-12-18-16(13(15)2)14-9-7-5-6-8-10-14/h7,9-10,12H,4-6,8,11H2,1-3H3. The summed E-state index contributed by atoms with van der Waals surface area (Å²) in [6, 6.07) is 0. The van der Waals surface area contributed by atoms with E-state index >= 15 is 0 Å². The zero-order valence-corrected chi connectivity index (χ0v) is 12.5. The summed E-state index contributed by atoms with van der Waals surface area (Å²) in [5, 5.41) is 2.33. The van der Waals surface area contributed by atoms with Crippen molar-refractivity contribution in [1.82, 2.24) is 4.90 Å². The molecule has 0 atom stereocenters. The first-order valence-corrected chi connectivity index (χ1v) is 7.73. The van der Waals surface area contributed by atoms with Crippen LogP contribution in [0.5, 0.6) is 0 Å². The predicted octanol–water partition coefficient (Wildman–Crippen LogP) is 4.63. The minimum absolute atomic E-state index is 1.07. The van der Waals surface area contributed by atoms with Crippen LogP contribution < -0.4 is 0 Å². The van der Waals surface area contributed by atoms with Gasteiger partial charge in [0, 0.05) is 11.4 Å². The molecule has 0 saturated carbocycles. The molecule has 0 aromatic carbocycles. The molecule has 1 aromatic heterocycles. The molecule has 0 bridgehead atoms. The van der Waals surface area contributed by atoms with Crippen molar-refractivity contribution >= 4 is 16.9 Å². The van der Waals surface area contributed by atoms with Crippen molar-refractivity contribution in [2.24, 2.45) is 0 Å². The van der Waals surface area contributed by atoms with E-state index in [1.807, 2.05) is 11.3 Å². The second-order valence-corrected chi connectivity index (χ2v) is 5.92. The fraction of sp³-hybridized carbons (Fsp3) is 0.500. The Morgan fingerprint density at radius 2 is 2.17 bits per heavy atom. The molecular weight excluding hydrogens is 238 g/mol. The van der Waals surface area contributed by atoms with Crippen LogP contribution in [0.25, 0.3) is 5.57 Å². The Bertz CT molecular complexity index is 454. The molecule has 18 heavy (non-hydrogen) atoms. The molecule has 0 fully saturated rings. The van der Waals surface area contributed by atoms with E-state index in [0.29, 0.717) is 0 Å². The first-order chi connectivity index (χ1) is 8.72. The van der Waals surface area contributed by atoms with Gasteiger partial charge in [-0.1, -0.05) is 25.2 Å². The van der Waals surface area contributed by atoms with Crippen LogP contribution in [-0.4, -0.2) is 18.5 Å². The summed E-state index contributed by atoms with van der Waals surface area (Å²) in [6.07, 6.45) is 10.7. The number of rotatable bonds is 4. The van der Waals surface area contributed by atoms with Gasteiger partial charge in [0.25, 0.3) is 0 Å². The molecule has 1 aliphatic rings. The van der Waals surface area contributed by atoms with Crippen LogP contribution in [0.2, 0.25) is 0 Å². The fourth-order valence-corrected chi connectivity index (χ4v) is 3.34. The average molecular weight is 261 g/mol. The van der Waals surface area contributed by atoms with E-state index in [1.54, 1.807) is 0 Å². The average Bonchev–Trinajstić information content (AvgIpc) is 2.61. The Morgan fingerprint density at radius 1 is 1.33 bits per heavy atom. The van der Waals surface area contributed by atoms with Gasteiger partial charge in [-0.3, -0.25) is 0 Å². The molecule has 2 rings (SSSR count). The van der Waals surface area contributed by atoms with Gasteiger partial charge in [-0.15, -0.1) is 11.3 Å². The lowest BCUT2D eigenvalue weighted by atomic mass is 10.1. The summed E-state index contributed by atoms with van der Waals surface area (Å²) in [7, 11) is 2.18. The summed E-state index contributed by atoms with van der Waals surface area (Å²) in [6.45, 7) is 6.65. The lowest BCUT2D eigenvalue weighted by Gasteiger charge is -2.13. The third kappa shape index (κ3) is 3.12. The molecule has 0 spiro atoms. The monoisotopic (exact) mass is 261 g/mol. The Kier molecular flexibility index (Phi) is 4.79. The van der Waals surface area contributed by atoms with E-state index in [1.165, 1.54) is 40.8 Å². The lowest BCUT2D eigenvalue weighted by molar-refractivity contribution is 0.345. The van der Waals surface area contributed by atoms with E-state index in [2.05, 4.69) is 49.4 Å². The molecule has 2 heteroatoms. The summed E-state index contributed by atoms with van der Waals surface area (Å²) < 4.78 is 0. The van der Waals surface area contributed by atoms with Gasteiger partial charge in [0.2, 0.25) is 0 Å².